The van der Waals surface area contributed by atoms with Crippen molar-refractivity contribution in [2.45, 2.75) is 43.8 Å². The minimum Gasteiger partial charge on any atom is -0.395 e. The van der Waals surface area contributed by atoms with Crippen molar-refractivity contribution in [3.8, 4) is 0 Å². The maximum absolute atomic E-state index is 9.61. The van der Waals surface area contributed by atoms with Crippen LogP contribution in [0.1, 0.15) is 24.8 Å². The molecule has 2 unspecified atom stereocenters. The number of hydrogen-bond acceptors (Lipinski definition) is 3. The highest BCUT2D eigenvalue weighted by molar-refractivity contribution is 5.16. The molecule has 0 amide bonds. The van der Waals surface area contributed by atoms with Gasteiger partial charge in [0.15, 0.2) is 0 Å². The lowest BCUT2D eigenvalue weighted by Gasteiger charge is -2.26. The van der Waals surface area contributed by atoms with Crippen LogP contribution in [0.15, 0.2) is 30.3 Å². The van der Waals surface area contributed by atoms with E-state index in [9.17, 15) is 5.11 Å². The molecule has 2 saturated heterocycles. The second-order valence-electron chi connectivity index (χ2n) is 5.88. The van der Waals surface area contributed by atoms with E-state index in [4.69, 9.17) is 0 Å². The Labute approximate surface area is 115 Å². The molecule has 3 atom stereocenters. The number of nitrogens with one attached hydrogen (secondary N) is 1. The SMILES string of the molecule is OC[C@H](Cc1ccccc1)NC1CCN2CCCC12. The highest BCUT2D eigenvalue weighted by atomic mass is 16.3. The van der Waals surface area contributed by atoms with Crippen LogP contribution in [0.2, 0.25) is 0 Å². The first-order valence-electron chi connectivity index (χ1n) is 7.51. The van der Waals surface area contributed by atoms with Gasteiger partial charge < -0.3 is 10.4 Å². The van der Waals surface area contributed by atoms with E-state index in [1.807, 2.05) is 6.07 Å². The summed E-state index contributed by atoms with van der Waals surface area (Å²) in [6, 6.07) is 11.9. The molecule has 104 valence electrons. The first-order chi connectivity index (χ1) is 9.36. The fourth-order valence-corrected chi connectivity index (χ4v) is 3.65. The van der Waals surface area contributed by atoms with Crippen LogP contribution in [0, 0.1) is 0 Å². The van der Waals surface area contributed by atoms with Gasteiger partial charge in [-0.05, 0) is 37.8 Å². The molecule has 0 radical (unpaired) electrons. The number of fused-ring (bicyclic) bond motifs is 1. The zero-order chi connectivity index (χ0) is 13.1. The van der Waals surface area contributed by atoms with E-state index in [0.717, 1.165) is 6.42 Å². The lowest BCUT2D eigenvalue weighted by Crippen LogP contribution is -2.47. The van der Waals surface area contributed by atoms with Gasteiger partial charge in [-0.2, -0.15) is 0 Å². The van der Waals surface area contributed by atoms with Crippen LogP contribution < -0.4 is 5.32 Å². The molecule has 2 aliphatic heterocycles. The summed E-state index contributed by atoms with van der Waals surface area (Å²) in [6.45, 7) is 2.72. The molecule has 0 spiro atoms. The molecule has 0 bridgehead atoms. The molecule has 1 aromatic carbocycles. The van der Waals surface area contributed by atoms with Crippen molar-refractivity contribution in [3.63, 3.8) is 0 Å². The number of aliphatic hydroxyl groups excluding tert-OH is 1. The van der Waals surface area contributed by atoms with Crippen molar-refractivity contribution < 1.29 is 5.11 Å². The number of nitrogens with zero attached hydrogens (tertiary/aromatic N) is 1. The molecular formula is C16H24N2O. The van der Waals surface area contributed by atoms with Gasteiger partial charge in [-0.15, -0.1) is 0 Å². The van der Waals surface area contributed by atoms with Gasteiger partial charge in [0.25, 0.3) is 0 Å². The third-order valence-corrected chi connectivity index (χ3v) is 4.60. The van der Waals surface area contributed by atoms with Gasteiger partial charge in [0, 0.05) is 24.7 Å². The van der Waals surface area contributed by atoms with Gasteiger partial charge in [-0.25, -0.2) is 0 Å². The van der Waals surface area contributed by atoms with Crippen LogP contribution in [0.3, 0.4) is 0 Å². The van der Waals surface area contributed by atoms with Gasteiger partial charge in [0.2, 0.25) is 0 Å². The molecular weight excluding hydrogens is 236 g/mol. The van der Waals surface area contributed by atoms with Gasteiger partial charge in [0.1, 0.15) is 0 Å². The van der Waals surface area contributed by atoms with E-state index < -0.39 is 0 Å². The molecule has 2 heterocycles. The molecule has 1 aromatic rings. The van der Waals surface area contributed by atoms with Gasteiger partial charge in [0.05, 0.1) is 6.61 Å². The molecule has 3 heteroatoms. The van der Waals surface area contributed by atoms with E-state index in [0.29, 0.717) is 12.1 Å². The summed E-state index contributed by atoms with van der Waals surface area (Å²) in [5.74, 6) is 0. The van der Waals surface area contributed by atoms with E-state index in [1.54, 1.807) is 0 Å². The Bertz CT molecular complexity index is 395. The Balaban J connectivity index is 1.58. The Morgan fingerprint density at radius 3 is 2.84 bits per heavy atom. The van der Waals surface area contributed by atoms with Crippen LogP contribution in [0.4, 0.5) is 0 Å². The standard InChI is InChI=1S/C16H24N2O/c19-12-14(11-13-5-2-1-3-6-13)17-15-8-10-18-9-4-7-16(15)18/h1-3,5-6,14-17,19H,4,7-12H2/t14-,15?,16?/m0/s1. The lowest BCUT2D eigenvalue weighted by molar-refractivity contribution is 0.217. The van der Waals surface area contributed by atoms with Crippen LogP contribution in [0.25, 0.3) is 0 Å². The van der Waals surface area contributed by atoms with Gasteiger partial charge in [-0.3, -0.25) is 4.90 Å². The largest absolute Gasteiger partial charge is 0.395 e. The predicted molar refractivity (Wildman–Crippen MR) is 77.2 cm³/mol. The van der Waals surface area contributed by atoms with Crippen LogP contribution in [-0.4, -0.2) is 47.8 Å². The number of benzene rings is 1. The normalized spacial score (nSPS) is 28.5. The fourth-order valence-electron chi connectivity index (χ4n) is 3.65. The quantitative estimate of drug-likeness (QED) is 0.840. The Hall–Kier alpha value is -0.900. The minimum absolute atomic E-state index is 0.188. The van der Waals surface area contributed by atoms with Crippen molar-refractivity contribution in [3.05, 3.63) is 35.9 Å². The zero-order valence-corrected chi connectivity index (χ0v) is 11.5. The van der Waals surface area contributed by atoms with E-state index in [2.05, 4.69) is 34.5 Å². The van der Waals surface area contributed by atoms with Crippen LogP contribution in [-0.2, 0) is 6.42 Å². The smallest absolute Gasteiger partial charge is 0.0587 e. The van der Waals surface area contributed by atoms with Crippen molar-refractivity contribution in [1.82, 2.24) is 10.2 Å². The van der Waals surface area contributed by atoms with Crippen molar-refractivity contribution in [2.75, 3.05) is 19.7 Å². The Morgan fingerprint density at radius 2 is 2.05 bits per heavy atom. The monoisotopic (exact) mass is 260 g/mol. The maximum atomic E-state index is 9.61. The third-order valence-electron chi connectivity index (χ3n) is 4.60. The fraction of sp³-hybridized carbons (Fsp3) is 0.625. The van der Waals surface area contributed by atoms with Crippen molar-refractivity contribution >= 4 is 0 Å². The summed E-state index contributed by atoms with van der Waals surface area (Å²) in [5.41, 5.74) is 1.30. The topological polar surface area (TPSA) is 35.5 Å². The summed E-state index contributed by atoms with van der Waals surface area (Å²) in [7, 11) is 0. The Morgan fingerprint density at radius 1 is 1.21 bits per heavy atom. The molecule has 0 saturated carbocycles. The molecule has 2 aliphatic rings. The van der Waals surface area contributed by atoms with Crippen molar-refractivity contribution in [2.24, 2.45) is 0 Å². The first kappa shape index (κ1) is 13.1. The maximum Gasteiger partial charge on any atom is 0.0587 e. The summed E-state index contributed by atoms with van der Waals surface area (Å²) in [5, 5.41) is 13.3. The number of hydrogen-bond donors (Lipinski definition) is 2. The molecule has 0 aromatic heterocycles. The molecule has 2 fully saturated rings. The van der Waals surface area contributed by atoms with Crippen LogP contribution >= 0.6 is 0 Å². The minimum atomic E-state index is 0.188. The highest BCUT2D eigenvalue weighted by Gasteiger charge is 2.37. The molecule has 3 nitrogen and oxygen atoms in total. The summed E-state index contributed by atoms with van der Waals surface area (Å²) >= 11 is 0. The van der Waals surface area contributed by atoms with E-state index in [-0.39, 0.29) is 12.6 Å². The average molecular weight is 260 g/mol. The average Bonchev–Trinajstić information content (AvgIpc) is 3.04. The summed E-state index contributed by atoms with van der Waals surface area (Å²) in [6.07, 6.45) is 4.81. The Kier molecular flexibility index (Phi) is 4.16. The highest BCUT2D eigenvalue weighted by Crippen LogP contribution is 2.28. The van der Waals surface area contributed by atoms with E-state index in [1.165, 1.54) is 37.9 Å². The molecule has 3 rings (SSSR count). The summed E-state index contributed by atoms with van der Waals surface area (Å²) in [4.78, 5) is 2.61. The third kappa shape index (κ3) is 2.99. The summed E-state index contributed by atoms with van der Waals surface area (Å²) < 4.78 is 0. The van der Waals surface area contributed by atoms with Gasteiger partial charge >= 0.3 is 0 Å². The predicted octanol–water partition coefficient (Wildman–Crippen LogP) is 1.42. The molecule has 0 aliphatic carbocycles. The second kappa shape index (κ2) is 6.04. The molecule has 2 N–H and O–H groups in total. The molecule has 19 heavy (non-hydrogen) atoms. The lowest BCUT2D eigenvalue weighted by atomic mass is 10.0. The number of rotatable bonds is 5. The van der Waals surface area contributed by atoms with Crippen LogP contribution in [0.5, 0.6) is 0 Å². The van der Waals surface area contributed by atoms with Crippen molar-refractivity contribution in [1.29, 1.82) is 0 Å². The number of aliphatic hydroxyl groups is 1. The zero-order valence-electron chi connectivity index (χ0n) is 11.5. The first-order valence-corrected chi connectivity index (χ1v) is 7.51. The van der Waals surface area contributed by atoms with Gasteiger partial charge in [-0.1, -0.05) is 30.3 Å². The second-order valence-corrected chi connectivity index (χ2v) is 5.88. The van der Waals surface area contributed by atoms with E-state index >= 15 is 0 Å².